The first kappa shape index (κ1) is 22.5. The van der Waals surface area contributed by atoms with E-state index >= 15 is 0 Å². The van der Waals surface area contributed by atoms with E-state index in [-0.39, 0.29) is 11.4 Å². The molecule has 32 heavy (non-hydrogen) atoms. The second kappa shape index (κ2) is 9.42. The van der Waals surface area contributed by atoms with Crippen molar-refractivity contribution in [2.45, 2.75) is 32.7 Å². The molecule has 170 valence electrons. The largest absolute Gasteiger partial charge is 0.497 e. The van der Waals surface area contributed by atoms with E-state index in [1.165, 1.54) is 4.88 Å². The van der Waals surface area contributed by atoms with Crippen molar-refractivity contribution in [3.63, 3.8) is 0 Å². The van der Waals surface area contributed by atoms with E-state index < -0.39 is 0 Å². The summed E-state index contributed by atoms with van der Waals surface area (Å²) in [5.74, 6) is 1.92. The maximum absolute atomic E-state index is 12.4. The second-order valence-electron chi connectivity index (χ2n) is 9.17. The van der Waals surface area contributed by atoms with Crippen LogP contribution in [0.15, 0.2) is 36.7 Å². The SMILES string of the molecule is COc1ccc(-c2cc3ncnc(N4CCCN(CC(=O)NC(C)(C)C)CC4)c3s2)cc1. The zero-order valence-electron chi connectivity index (χ0n) is 19.2. The molecule has 0 aliphatic carbocycles. The summed E-state index contributed by atoms with van der Waals surface area (Å²) in [5, 5.41) is 3.06. The van der Waals surface area contributed by atoms with Crippen molar-refractivity contribution in [3.05, 3.63) is 36.7 Å². The third-order valence-corrected chi connectivity index (χ3v) is 6.61. The fourth-order valence-corrected chi connectivity index (χ4v) is 5.10. The minimum Gasteiger partial charge on any atom is -0.497 e. The summed E-state index contributed by atoms with van der Waals surface area (Å²) in [6.45, 7) is 9.96. The number of nitrogens with one attached hydrogen (secondary N) is 1. The summed E-state index contributed by atoms with van der Waals surface area (Å²) < 4.78 is 6.38. The molecule has 1 N–H and O–H groups in total. The molecular formula is C24H31N5O2S. The topological polar surface area (TPSA) is 70.6 Å². The van der Waals surface area contributed by atoms with Crippen LogP contribution in [0.25, 0.3) is 20.7 Å². The van der Waals surface area contributed by atoms with E-state index in [9.17, 15) is 4.79 Å². The number of hydrogen-bond acceptors (Lipinski definition) is 7. The highest BCUT2D eigenvalue weighted by atomic mass is 32.1. The fourth-order valence-electron chi connectivity index (χ4n) is 3.97. The van der Waals surface area contributed by atoms with Crippen LogP contribution in [0.4, 0.5) is 5.82 Å². The number of aromatic nitrogens is 2. The van der Waals surface area contributed by atoms with Gasteiger partial charge in [-0.15, -0.1) is 11.3 Å². The van der Waals surface area contributed by atoms with E-state index in [4.69, 9.17) is 4.74 Å². The van der Waals surface area contributed by atoms with Gasteiger partial charge in [0.2, 0.25) is 5.91 Å². The molecule has 1 aromatic carbocycles. The summed E-state index contributed by atoms with van der Waals surface area (Å²) in [6.07, 6.45) is 2.65. The van der Waals surface area contributed by atoms with E-state index in [1.54, 1.807) is 24.8 Å². The molecule has 3 heterocycles. The summed E-state index contributed by atoms with van der Waals surface area (Å²) in [4.78, 5) is 27.2. The van der Waals surface area contributed by atoms with Gasteiger partial charge in [0, 0.05) is 36.6 Å². The van der Waals surface area contributed by atoms with Gasteiger partial charge in [0.05, 0.1) is 23.9 Å². The number of benzene rings is 1. The monoisotopic (exact) mass is 453 g/mol. The summed E-state index contributed by atoms with van der Waals surface area (Å²) in [6, 6.07) is 10.2. The lowest BCUT2D eigenvalue weighted by atomic mass is 10.1. The molecule has 0 saturated carbocycles. The van der Waals surface area contributed by atoms with Crippen LogP contribution < -0.4 is 15.0 Å². The Labute approximate surface area is 193 Å². The van der Waals surface area contributed by atoms with Crippen LogP contribution in [0, 0.1) is 0 Å². The Morgan fingerprint density at radius 2 is 1.91 bits per heavy atom. The lowest BCUT2D eigenvalue weighted by molar-refractivity contribution is -0.123. The molecule has 0 spiro atoms. The van der Waals surface area contributed by atoms with Crippen molar-refractivity contribution in [2.24, 2.45) is 0 Å². The Bertz CT molecular complexity index is 1070. The average molecular weight is 454 g/mol. The van der Waals surface area contributed by atoms with E-state index in [0.717, 1.165) is 59.9 Å². The standard InChI is InChI=1S/C24H31N5O2S/c1-24(2,3)27-21(30)15-28-10-5-11-29(13-12-28)23-22-19(25-16-26-23)14-20(32-22)17-6-8-18(31-4)9-7-17/h6-9,14,16H,5,10-13,15H2,1-4H3,(H,27,30). The molecular weight excluding hydrogens is 422 g/mol. The van der Waals surface area contributed by atoms with Gasteiger partial charge >= 0.3 is 0 Å². The highest BCUT2D eigenvalue weighted by Crippen LogP contribution is 2.37. The predicted octanol–water partition coefficient (Wildman–Crippen LogP) is 3.79. The number of fused-ring (bicyclic) bond motifs is 1. The lowest BCUT2D eigenvalue weighted by Gasteiger charge is -2.25. The highest BCUT2D eigenvalue weighted by Gasteiger charge is 2.22. The van der Waals surface area contributed by atoms with Crippen LogP contribution >= 0.6 is 11.3 Å². The maximum atomic E-state index is 12.4. The number of rotatable bonds is 5. The smallest absolute Gasteiger partial charge is 0.234 e. The fraction of sp³-hybridized carbons (Fsp3) is 0.458. The van der Waals surface area contributed by atoms with Crippen LogP contribution in [0.2, 0.25) is 0 Å². The molecule has 7 nitrogen and oxygen atoms in total. The molecule has 1 fully saturated rings. The Balaban J connectivity index is 1.49. The molecule has 0 unspecified atom stereocenters. The minimum absolute atomic E-state index is 0.0813. The zero-order valence-corrected chi connectivity index (χ0v) is 20.0. The van der Waals surface area contributed by atoms with E-state index in [2.05, 4.69) is 43.3 Å². The van der Waals surface area contributed by atoms with Gasteiger partial charge in [-0.1, -0.05) is 0 Å². The molecule has 1 amide bonds. The van der Waals surface area contributed by atoms with Gasteiger partial charge in [-0.25, -0.2) is 9.97 Å². The molecule has 2 aromatic heterocycles. The molecule has 1 saturated heterocycles. The molecule has 0 radical (unpaired) electrons. The van der Waals surface area contributed by atoms with Gasteiger partial charge < -0.3 is 15.0 Å². The van der Waals surface area contributed by atoms with Gasteiger partial charge in [-0.05, 0) is 63.1 Å². The van der Waals surface area contributed by atoms with Crippen molar-refractivity contribution in [2.75, 3.05) is 44.7 Å². The Hall–Kier alpha value is -2.71. The number of hydrogen-bond donors (Lipinski definition) is 1. The van der Waals surface area contributed by atoms with Crippen LogP contribution in [-0.2, 0) is 4.79 Å². The van der Waals surface area contributed by atoms with Crippen molar-refractivity contribution in [1.29, 1.82) is 0 Å². The number of carbonyl (C=O) groups is 1. The molecule has 0 atom stereocenters. The number of anilines is 1. The predicted molar refractivity (Wildman–Crippen MR) is 131 cm³/mol. The van der Waals surface area contributed by atoms with Crippen molar-refractivity contribution >= 4 is 33.3 Å². The first-order valence-electron chi connectivity index (χ1n) is 11.0. The normalized spacial score (nSPS) is 15.6. The number of carbonyl (C=O) groups excluding carboxylic acids is 1. The van der Waals surface area contributed by atoms with Gasteiger partial charge in [-0.3, -0.25) is 9.69 Å². The minimum atomic E-state index is -0.206. The van der Waals surface area contributed by atoms with Crippen LogP contribution in [-0.4, -0.2) is 66.1 Å². The number of nitrogens with zero attached hydrogens (tertiary/aromatic N) is 4. The zero-order chi connectivity index (χ0) is 22.7. The van der Waals surface area contributed by atoms with Gasteiger partial charge in [0.25, 0.3) is 0 Å². The molecule has 4 rings (SSSR count). The van der Waals surface area contributed by atoms with Crippen LogP contribution in [0.3, 0.4) is 0 Å². The Kier molecular flexibility index (Phi) is 6.62. The van der Waals surface area contributed by atoms with E-state index in [1.807, 2.05) is 32.9 Å². The maximum Gasteiger partial charge on any atom is 0.234 e. The molecule has 3 aromatic rings. The third-order valence-electron chi connectivity index (χ3n) is 5.44. The second-order valence-corrected chi connectivity index (χ2v) is 10.2. The van der Waals surface area contributed by atoms with Crippen LogP contribution in [0.5, 0.6) is 5.75 Å². The van der Waals surface area contributed by atoms with Crippen LogP contribution in [0.1, 0.15) is 27.2 Å². The number of ether oxygens (including phenoxy) is 1. The Morgan fingerprint density at radius 3 is 2.62 bits per heavy atom. The third kappa shape index (κ3) is 5.37. The number of methoxy groups -OCH3 is 1. The lowest BCUT2D eigenvalue weighted by Crippen LogP contribution is -2.46. The quantitative estimate of drug-likeness (QED) is 0.634. The van der Waals surface area contributed by atoms with Crippen molar-refractivity contribution < 1.29 is 9.53 Å². The molecule has 8 heteroatoms. The average Bonchev–Trinajstić information content (AvgIpc) is 3.06. The number of amides is 1. The first-order chi connectivity index (χ1) is 15.3. The summed E-state index contributed by atoms with van der Waals surface area (Å²) in [7, 11) is 1.68. The Morgan fingerprint density at radius 1 is 1.12 bits per heavy atom. The van der Waals surface area contributed by atoms with Gasteiger partial charge in [-0.2, -0.15) is 0 Å². The van der Waals surface area contributed by atoms with Gasteiger partial charge in [0.1, 0.15) is 17.9 Å². The molecule has 1 aliphatic heterocycles. The van der Waals surface area contributed by atoms with E-state index in [0.29, 0.717) is 6.54 Å². The first-order valence-corrected chi connectivity index (χ1v) is 11.8. The summed E-state index contributed by atoms with van der Waals surface area (Å²) in [5.41, 5.74) is 1.91. The van der Waals surface area contributed by atoms with Crippen molar-refractivity contribution in [1.82, 2.24) is 20.2 Å². The summed E-state index contributed by atoms with van der Waals surface area (Å²) >= 11 is 1.72. The number of thiophene rings is 1. The highest BCUT2D eigenvalue weighted by molar-refractivity contribution is 7.22. The van der Waals surface area contributed by atoms with Crippen molar-refractivity contribution in [3.8, 4) is 16.2 Å². The molecule has 1 aliphatic rings. The molecule has 0 bridgehead atoms. The van der Waals surface area contributed by atoms with Gasteiger partial charge in [0.15, 0.2) is 0 Å².